The number of methoxy groups -OCH3 is 1. The quantitative estimate of drug-likeness (QED) is 0.936. The van der Waals surface area contributed by atoms with Gasteiger partial charge < -0.3 is 19.3 Å². The minimum absolute atomic E-state index is 0.0292. The van der Waals surface area contributed by atoms with Crippen LogP contribution in [-0.2, 0) is 17.8 Å². The summed E-state index contributed by atoms with van der Waals surface area (Å²) in [5, 5.41) is 6.84. The third kappa shape index (κ3) is 3.02. The van der Waals surface area contributed by atoms with Crippen molar-refractivity contribution in [1.29, 1.82) is 0 Å². The van der Waals surface area contributed by atoms with E-state index in [9.17, 15) is 4.79 Å². The predicted molar refractivity (Wildman–Crippen MR) is 83.5 cm³/mol. The second-order valence-corrected chi connectivity index (χ2v) is 5.68. The number of carbonyl (C=O) groups is 1. The topological polar surface area (TPSA) is 73.6 Å². The molecule has 3 rings (SSSR count). The molecule has 1 unspecified atom stereocenters. The number of carbonyl (C=O) groups excluding carboxylic acids is 1. The van der Waals surface area contributed by atoms with Gasteiger partial charge in [0, 0.05) is 12.1 Å². The van der Waals surface area contributed by atoms with Crippen molar-refractivity contribution in [2.75, 3.05) is 13.7 Å². The fraction of sp³-hybridized carbons (Fsp3) is 0.412. The van der Waals surface area contributed by atoms with Crippen LogP contribution < -0.4 is 14.8 Å². The second-order valence-electron chi connectivity index (χ2n) is 5.68. The van der Waals surface area contributed by atoms with Crippen molar-refractivity contribution in [1.82, 2.24) is 10.5 Å². The number of nitrogens with zero attached hydrogens (tertiary/aromatic N) is 1. The van der Waals surface area contributed by atoms with Gasteiger partial charge in [-0.2, -0.15) is 0 Å². The zero-order valence-electron chi connectivity index (χ0n) is 13.5. The van der Waals surface area contributed by atoms with Crippen LogP contribution in [0.15, 0.2) is 22.7 Å². The van der Waals surface area contributed by atoms with E-state index in [0.29, 0.717) is 25.3 Å². The second kappa shape index (κ2) is 6.32. The van der Waals surface area contributed by atoms with Crippen LogP contribution >= 0.6 is 0 Å². The van der Waals surface area contributed by atoms with Gasteiger partial charge in [0.05, 0.1) is 18.7 Å². The molecule has 0 saturated heterocycles. The minimum Gasteiger partial charge on any atom is -0.493 e. The van der Waals surface area contributed by atoms with E-state index < -0.39 is 0 Å². The highest BCUT2D eigenvalue weighted by Crippen LogP contribution is 2.36. The van der Waals surface area contributed by atoms with Gasteiger partial charge in [-0.25, -0.2) is 0 Å². The largest absolute Gasteiger partial charge is 0.493 e. The van der Waals surface area contributed by atoms with E-state index in [1.807, 2.05) is 32.0 Å². The number of para-hydroxylation sites is 1. The van der Waals surface area contributed by atoms with Crippen LogP contribution in [-0.4, -0.2) is 24.8 Å². The number of benzene rings is 1. The molecule has 0 fully saturated rings. The van der Waals surface area contributed by atoms with Crippen molar-refractivity contribution < 1.29 is 18.8 Å². The Morgan fingerprint density at radius 1 is 1.43 bits per heavy atom. The van der Waals surface area contributed by atoms with Gasteiger partial charge in [-0.15, -0.1) is 0 Å². The SMILES string of the molecule is COc1cccc2c1OCC(C(=O)NCc1c(C)noc1C)C2. The summed E-state index contributed by atoms with van der Waals surface area (Å²) in [6, 6.07) is 5.73. The summed E-state index contributed by atoms with van der Waals surface area (Å²) < 4.78 is 16.1. The van der Waals surface area contributed by atoms with Gasteiger partial charge in [0.1, 0.15) is 12.4 Å². The van der Waals surface area contributed by atoms with Crippen LogP contribution in [0, 0.1) is 19.8 Å². The molecule has 6 nitrogen and oxygen atoms in total. The molecular weight excluding hydrogens is 296 g/mol. The summed E-state index contributed by atoms with van der Waals surface area (Å²) in [4.78, 5) is 12.4. The van der Waals surface area contributed by atoms with E-state index in [1.54, 1.807) is 7.11 Å². The smallest absolute Gasteiger partial charge is 0.227 e. The number of hydrogen-bond donors (Lipinski definition) is 1. The van der Waals surface area contributed by atoms with E-state index in [-0.39, 0.29) is 11.8 Å². The Balaban J connectivity index is 1.65. The van der Waals surface area contributed by atoms with Crippen molar-refractivity contribution in [2.45, 2.75) is 26.8 Å². The lowest BCUT2D eigenvalue weighted by atomic mass is 9.95. The first-order valence-electron chi connectivity index (χ1n) is 7.58. The van der Waals surface area contributed by atoms with Crippen LogP contribution in [0.5, 0.6) is 11.5 Å². The maximum Gasteiger partial charge on any atom is 0.227 e. The van der Waals surface area contributed by atoms with Gasteiger partial charge >= 0.3 is 0 Å². The third-order valence-corrected chi connectivity index (χ3v) is 4.17. The molecule has 1 aliphatic heterocycles. The standard InChI is InChI=1S/C17H20N2O4/c1-10-14(11(2)23-19-10)8-18-17(20)13-7-12-5-4-6-15(21-3)16(12)22-9-13/h4-6,13H,7-9H2,1-3H3,(H,18,20). The first-order valence-corrected chi connectivity index (χ1v) is 7.58. The molecule has 0 spiro atoms. The highest BCUT2D eigenvalue weighted by molar-refractivity contribution is 5.79. The molecule has 1 aromatic carbocycles. The number of nitrogens with one attached hydrogen (secondary N) is 1. The molecule has 23 heavy (non-hydrogen) atoms. The van der Waals surface area contributed by atoms with Gasteiger partial charge in [-0.1, -0.05) is 17.3 Å². The third-order valence-electron chi connectivity index (χ3n) is 4.17. The van der Waals surface area contributed by atoms with E-state index in [1.165, 1.54) is 0 Å². The minimum atomic E-state index is -0.213. The molecule has 2 aromatic rings. The van der Waals surface area contributed by atoms with Crippen LogP contribution in [0.4, 0.5) is 0 Å². The Hall–Kier alpha value is -2.50. The molecule has 122 valence electrons. The molecule has 0 radical (unpaired) electrons. The average Bonchev–Trinajstić information content (AvgIpc) is 2.89. The number of ether oxygens (including phenoxy) is 2. The molecule has 0 saturated carbocycles. The van der Waals surface area contributed by atoms with E-state index in [2.05, 4.69) is 10.5 Å². The molecular formula is C17H20N2O4. The Morgan fingerprint density at radius 2 is 2.26 bits per heavy atom. The molecule has 6 heteroatoms. The molecule has 1 aliphatic rings. The molecule has 1 aromatic heterocycles. The summed E-state index contributed by atoms with van der Waals surface area (Å²) >= 11 is 0. The van der Waals surface area contributed by atoms with Crippen LogP contribution in [0.25, 0.3) is 0 Å². The maximum atomic E-state index is 12.4. The van der Waals surface area contributed by atoms with Gasteiger partial charge in [-0.05, 0) is 31.9 Å². The number of rotatable bonds is 4. The Morgan fingerprint density at radius 3 is 2.96 bits per heavy atom. The predicted octanol–water partition coefficient (Wildman–Crippen LogP) is 2.17. The normalized spacial score (nSPS) is 16.4. The lowest BCUT2D eigenvalue weighted by Gasteiger charge is -2.25. The van der Waals surface area contributed by atoms with Gasteiger partial charge in [0.2, 0.25) is 5.91 Å². The van der Waals surface area contributed by atoms with Crippen molar-refractivity contribution in [3.8, 4) is 11.5 Å². The van der Waals surface area contributed by atoms with Gasteiger partial charge in [0.15, 0.2) is 11.5 Å². The zero-order valence-corrected chi connectivity index (χ0v) is 13.5. The lowest BCUT2D eigenvalue weighted by Crippen LogP contribution is -2.37. The summed E-state index contributed by atoms with van der Waals surface area (Å²) in [7, 11) is 1.61. The fourth-order valence-corrected chi connectivity index (χ4v) is 2.80. The Labute approximate surface area is 134 Å². The van der Waals surface area contributed by atoms with Crippen LogP contribution in [0.3, 0.4) is 0 Å². The fourth-order valence-electron chi connectivity index (χ4n) is 2.80. The Kier molecular flexibility index (Phi) is 4.23. The van der Waals surface area contributed by atoms with Crippen molar-refractivity contribution >= 4 is 5.91 Å². The molecule has 1 amide bonds. The van der Waals surface area contributed by atoms with Gasteiger partial charge in [-0.3, -0.25) is 4.79 Å². The first kappa shape index (κ1) is 15.4. The summed E-state index contributed by atoms with van der Waals surface area (Å²) in [5.74, 6) is 1.94. The molecule has 0 bridgehead atoms. The summed E-state index contributed by atoms with van der Waals surface area (Å²) in [5.41, 5.74) is 2.73. The summed E-state index contributed by atoms with van der Waals surface area (Å²) in [6.07, 6.45) is 0.639. The molecule has 2 heterocycles. The number of aromatic nitrogens is 1. The molecule has 0 aliphatic carbocycles. The number of hydrogen-bond acceptors (Lipinski definition) is 5. The van der Waals surface area contributed by atoms with E-state index >= 15 is 0 Å². The highest BCUT2D eigenvalue weighted by Gasteiger charge is 2.28. The van der Waals surface area contributed by atoms with Gasteiger partial charge in [0.25, 0.3) is 0 Å². The van der Waals surface area contributed by atoms with E-state index in [0.717, 1.165) is 28.3 Å². The monoisotopic (exact) mass is 316 g/mol. The van der Waals surface area contributed by atoms with E-state index in [4.69, 9.17) is 14.0 Å². The van der Waals surface area contributed by atoms with Crippen LogP contribution in [0.2, 0.25) is 0 Å². The molecule has 1 N–H and O–H groups in total. The number of fused-ring (bicyclic) bond motifs is 1. The number of aryl methyl sites for hydroxylation is 2. The molecule has 1 atom stereocenters. The van der Waals surface area contributed by atoms with Crippen LogP contribution in [0.1, 0.15) is 22.6 Å². The van der Waals surface area contributed by atoms with Crippen molar-refractivity contribution in [3.05, 3.63) is 40.8 Å². The lowest BCUT2D eigenvalue weighted by molar-refractivity contribution is -0.126. The zero-order chi connectivity index (χ0) is 16.4. The van der Waals surface area contributed by atoms with Crippen molar-refractivity contribution in [2.24, 2.45) is 5.92 Å². The average molecular weight is 316 g/mol. The highest BCUT2D eigenvalue weighted by atomic mass is 16.5. The maximum absolute atomic E-state index is 12.4. The van der Waals surface area contributed by atoms with Crippen molar-refractivity contribution in [3.63, 3.8) is 0 Å². The first-order chi connectivity index (χ1) is 11.1. The number of amides is 1. The summed E-state index contributed by atoms with van der Waals surface area (Å²) in [6.45, 7) is 4.47. The Bertz CT molecular complexity index is 704.